The zero-order valence-electron chi connectivity index (χ0n) is 12.1. The molecule has 0 radical (unpaired) electrons. The first-order chi connectivity index (χ1) is 10.1. The highest BCUT2D eigenvalue weighted by molar-refractivity contribution is 5.79. The van der Waals surface area contributed by atoms with Crippen molar-refractivity contribution < 1.29 is 14.3 Å². The van der Waals surface area contributed by atoms with E-state index in [0.29, 0.717) is 6.42 Å². The number of carbonyl (C=O) groups is 2. The first-order valence-corrected chi connectivity index (χ1v) is 6.80. The van der Waals surface area contributed by atoms with Crippen LogP contribution in [0.15, 0.2) is 36.4 Å². The maximum Gasteiger partial charge on any atom is 0.305 e. The van der Waals surface area contributed by atoms with Crippen LogP contribution in [0.2, 0.25) is 0 Å². The van der Waals surface area contributed by atoms with E-state index in [-0.39, 0.29) is 24.3 Å². The summed E-state index contributed by atoms with van der Waals surface area (Å²) < 4.78 is 4.64. The molecule has 1 amide bonds. The smallest absolute Gasteiger partial charge is 0.305 e. The van der Waals surface area contributed by atoms with Gasteiger partial charge in [-0.2, -0.15) is 0 Å². The summed E-state index contributed by atoms with van der Waals surface area (Å²) in [5.41, 5.74) is 1.61. The molecule has 1 atom stereocenters. The fraction of sp³-hybridized carbons (Fsp3) is 0.312. The van der Waals surface area contributed by atoms with Crippen molar-refractivity contribution in [2.45, 2.75) is 25.8 Å². The molecule has 0 aliphatic heterocycles. The lowest BCUT2D eigenvalue weighted by atomic mass is 10.1. The third kappa shape index (κ3) is 4.02. The number of fused-ring (bicyclic) bond motifs is 1. The molecule has 5 nitrogen and oxygen atoms in total. The van der Waals surface area contributed by atoms with Gasteiger partial charge in [0.25, 0.3) is 0 Å². The Kier molecular flexibility index (Phi) is 4.87. The number of methoxy groups -OCH3 is 1. The average molecular weight is 286 g/mol. The largest absolute Gasteiger partial charge is 0.469 e. The monoisotopic (exact) mass is 286 g/mol. The van der Waals surface area contributed by atoms with Crippen LogP contribution in [-0.4, -0.2) is 24.0 Å². The highest BCUT2D eigenvalue weighted by Crippen LogP contribution is 2.20. The minimum absolute atomic E-state index is 0.153. The Morgan fingerprint density at radius 1 is 1.24 bits per heavy atom. The molecule has 2 rings (SSSR count). The van der Waals surface area contributed by atoms with Crippen molar-refractivity contribution in [3.63, 3.8) is 0 Å². The Morgan fingerprint density at radius 3 is 2.71 bits per heavy atom. The lowest BCUT2D eigenvalue weighted by Gasteiger charge is -2.17. The molecule has 0 spiro atoms. The van der Waals surface area contributed by atoms with Crippen molar-refractivity contribution in [2.24, 2.45) is 0 Å². The van der Waals surface area contributed by atoms with Gasteiger partial charge in [-0.25, -0.2) is 0 Å². The molecule has 1 aromatic carbocycles. The lowest BCUT2D eigenvalue weighted by molar-refractivity contribution is -0.141. The van der Waals surface area contributed by atoms with E-state index in [1.807, 2.05) is 36.4 Å². The normalized spacial score (nSPS) is 11.9. The van der Waals surface area contributed by atoms with Gasteiger partial charge in [-0.1, -0.05) is 24.3 Å². The van der Waals surface area contributed by atoms with Gasteiger partial charge in [-0.15, -0.1) is 0 Å². The molecule has 0 unspecified atom stereocenters. The number of nitrogens with one attached hydrogen (secondary N) is 1. The standard InChI is InChI=1S/C16H18N2O3/c1-11(19)17-14(9-10-16(20)21-2)15-8-7-12-5-3-4-6-13(12)18-15/h3-8,14H,9-10H2,1-2H3,(H,17,19)/t14-/m0/s1. The van der Waals surface area contributed by atoms with Gasteiger partial charge >= 0.3 is 5.97 Å². The van der Waals surface area contributed by atoms with Crippen LogP contribution >= 0.6 is 0 Å². The molecule has 0 aliphatic carbocycles. The zero-order chi connectivity index (χ0) is 15.2. The van der Waals surface area contributed by atoms with E-state index in [9.17, 15) is 9.59 Å². The summed E-state index contributed by atoms with van der Waals surface area (Å²) in [6.07, 6.45) is 0.688. The highest BCUT2D eigenvalue weighted by Gasteiger charge is 2.16. The molecule has 1 heterocycles. The van der Waals surface area contributed by atoms with Crippen LogP contribution in [-0.2, 0) is 14.3 Å². The zero-order valence-corrected chi connectivity index (χ0v) is 12.1. The Hall–Kier alpha value is -2.43. The molecule has 1 aromatic heterocycles. The van der Waals surface area contributed by atoms with Crippen LogP contribution < -0.4 is 5.32 Å². The predicted octanol–water partition coefficient (Wildman–Crippen LogP) is 2.37. The van der Waals surface area contributed by atoms with E-state index < -0.39 is 0 Å². The molecule has 0 bridgehead atoms. The molecule has 0 fully saturated rings. The number of aromatic nitrogens is 1. The second-order valence-corrected chi connectivity index (χ2v) is 4.80. The van der Waals surface area contributed by atoms with Crippen molar-refractivity contribution in [3.05, 3.63) is 42.1 Å². The van der Waals surface area contributed by atoms with Crippen LogP contribution in [0.3, 0.4) is 0 Å². The number of pyridine rings is 1. The topological polar surface area (TPSA) is 68.3 Å². The predicted molar refractivity (Wildman–Crippen MR) is 79.6 cm³/mol. The van der Waals surface area contributed by atoms with Gasteiger partial charge in [0.15, 0.2) is 0 Å². The Bertz CT molecular complexity index is 655. The number of ether oxygens (including phenoxy) is 1. The number of benzene rings is 1. The maximum absolute atomic E-state index is 11.4. The number of rotatable bonds is 5. The van der Waals surface area contributed by atoms with Crippen molar-refractivity contribution >= 4 is 22.8 Å². The molecule has 0 aliphatic rings. The quantitative estimate of drug-likeness (QED) is 0.857. The third-order valence-corrected chi connectivity index (χ3v) is 3.22. The first-order valence-electron chi connectivity index (χ1n) is 6.80. The molecule has 0 saturated carbocycles. The second-order valence-electron chi connectivity index (χ2n) is 4.80. The molecule has 5 heteroatoms. The SMILES string of the molecule is COC(=O)CC[C@H](NC(C)=O)c1ccc2ccccc2n1. The van der Waals surface area contributed by atoms with Crippen LogP contribution in [0.1, 0.15) is 31.5 Å². The van der Waals surface area contributed by atoms with E-state index in [2.05, 4.69) is 15.0 Å². The van der Waals surface area contributed by atoms with Crippen molar-refractivity contribution in [1.29, 1.82) is 0 Å². The number of hydrogen-bond acceptors (Lipinski definition) is 4. The minimum atomic E-state index is -0.300. The Morgan fingerprint density at radius 2 is 2.00 bits per heavy atom. The minimum Gasteiger partial charge on any atom is -0.469 e. The number of amides is 1. The molecule has 21 heavy (non-hydrogen) atoms. The molecular formula is C16H18N2O3. The van der Waals surface area contributed by atoms with Crippen LogP contribution in [0.4, 0.5) is 0 Å². The fourth-order valence-corrected chi connectivity index (χ4v) is 2.18. The highest BCUT2D eigenvalue weighted by atomic mass is 16.5. The summed E-state index contributed by atoms with van der Waals surface area (Å²) in [6.45, 7) is 1.45. The summed E-state index contributed by atoms with van der Waals surface area (Å²) in [5.74, 6) is -0.453. The maximum atomic E-state index is 11.4. The second kappa shape index (κ2) is 6.83. The van der Waals surface area contributed by atoms with Gasteiger partial charge in [0, 0.05) is 18.7 Å². The summed E-state index contributed by atoms with van der Waals surface area (Å²) >= 11 is 0. The van der Waals surface area contributed by atoms with Crippen LogP contribution in [0.5, 0.6) is 0 Å². The van der Waals surface area contributed by atoms with Gasteiger partial charge in [0.2, 0.25) is 5.91 Å². The third-order valence-electron chi connectivity index (χ3n) is 3.22. The van der Waals surface area contributed by atoms with E-state index >= 15 is 0 Å². The van der Waals surface area contributed by atoms with Gasteiger partial charge in [-0.05, 0) is 18.6 Å². The number of esters is 1. The van der Waals surface area contributed by atoms with Crippen LogP contribution in [0.25, 0.3) is 10.9 Å². The molecule has 110 valence electrons. The van der Waals surface area contributed by atoms with Gasteiger partial charge in [0.1, 0.15) is 0 Å². The van der Waals surface area contributed by atoms with Crippen molar-refractivity contribution in [3.8, 4) is 0 Å². The number of para-hydroxylation sites is 1. The number of hydrogen-bond donors (Lipinski definition) is 1. The first kappa shape index (κ1) is 15.0. The molecule has 2 aromatic rings. The summed E-state index contributed by atoms with van der Waals surface area (Å²) in [4.78, 5) is 27.2. The summed E-state index contributed by atoms with van der Waals surface area (Å²) in [6, 6.07) is 11.3. The number of nitrogens with zero attached hydrogens (tertiary/aromatic N) is 1. The lowest BCUT2D eigenvalue weighted by Crippen LogP contribution is -2.27. The van der Waals surface area contributed by atoms with Crippen molar-refractivity contribution in [2.75, 3.05) is 7.11 Å². The summed E-state index contributed by atoms with van der Waals surface area (Å²) in [5, 5.41) is 3.87. The van der Waals surface area contributed by atoms with Gasteiger partial charge in [0.05, 0.1) is 24.4 Å². The van der Waals surface area contributed by atoms with E-state index in [4.69, 9.17) is 0 Å². The summed E-state index contributed by atoms with van der Waals surface area (Å²) in [7, 11) is 1.35. The average Bonchev–Trinajstić information content (AvgIpc) is 2.50. The molecular weight excluding hydrogens is 268 g/mol. The molecule has 1 N–H and O–H groups in total. The van der Waals surface area contributed by atoms with Gasteiger partial charge < -0.3 is 10.1 Å². The fourth-order valence-electron chi connectivity index (χ4n) is 2.18. The number of carbonyl (C=O) groups excluding carboxylic acids is 2. The Labute approximate surface area is 123 Å². The molecule has 0 saturated heterocycles. The van der Waals surface area contributed by atoms with Crippen LogP contribution in [0, 0.1) is 0 Å². The Balaban J connectivity index is 2.24. The van der Waals surface area contributed by atoms with E-state index in [1.54, 1.807) is 0 Å². The van der Waals surface area contributed by atoms with E-state index in [1.165, 1.54) is 14.0 Å². The van der Waals surface area contributed by atoms with Gasteiger partial charge in [-0.3, -0.25) is 14.6 Å². The van der Waals surface area contributed by atoms with Crippen molar-refractivity contribution in [1.82, 2.24) is 10.3 Å². The van der Waals surface area contributed by atoms with E-state index in [0.717, 1.165) is 16.6 Å².